The summed E-state index contributed by atoms with van der Waals surface area (Å²) in [5, 5.41) is 1.43. The number of nitrogens with one attached hydrogen (secondary N) is 1. The summed E-state index contributed by atoms with van der Waals surface area (Å²) in [5.74, 6) is -10.2. The Morgan fingerprint density at radius 1 is 1.27 bits per heavy atom. The predicted octanol–water partition coefficient (Wildman–Crippen LogP) is -1.26. The van der Waals surface area contributed by atoms with Crippen molar-refractivity contribution in [1.82, 2.24) is 5.32 Å². The first-order valence-electron chi connectivity index (χ1n) is 3.70. The summed E-state index contributed by atoms with van der Waals surface area (Å²) in [5.41, 5.74) is 9.48. The van der Waals surface area contributed by atoms with E-state index in [-0.39, 0.29) is 0 Å². The van der Waals surface area contributed by atoms with Crippen molar-refractivity contribution in [3.05, 3.63) is 0 Å². The maximum atomic E-state index is 13.4. The molecule has 0 aromatic heterocycles. The van der Waals surface area contributed by atoms with Gasteiger partial charge in [0.2, 0.25) is 5.79 Å². The molecule has 0 saturated carbocycles. The third-order valence-corrected chi connectivity index (χ3v) is 2.42. The van der Waals surface area contributed by atoms with Crippen LogP contribution in [0.25, 0.3) is 0 Å². The Kier molecular flexibility index (Phi) is 4.81. The van der Waals surface area contributed by atoms with Gasteiger partial charge in [0.15, 0.2) is 0 Å². The van der Waals surface area contributed by atoms with Gasteiger partial charge in [0, 0.05) is 5.75 Å². The molecule has 0 aliphatic heterocycles. The monoisotopic (exact) mass is 259 g/mol. The van der Waals surface area contributed by atoms with Crippen LogP contribution in [-0.2, 0) is 9.59 Å². The zero-order chi connectivity index (χ0) is 12.3. The number of hydrogen-bond donors (Lipinski definition) is 5. The maximum absolute atomic E-state index is 13.4. The van der Waals surface area contributed by atoms with Crippen molar-refractivity contribution in [1.29, 1.82) is 0 Å². The minimum absolute atomic E-state index is 0.666. The Hall–Kier alpha value is -0.540. The highest BCUT2D eigenvalue weighted by molar-refractivity contribution is 7.80. The SMILES string of the molecule is NC(=O)[C@](F)(CS)NC(=O)[C@@](N)(F)CS. The molecule has 5 N–H and O–H groups in total. The van der Waals surface area contributed by atoms with Gasteiger partial charge in [-0.1, -0.05) is 0 Å². The van der Waals surface area contributed by atoms with Crippen LogP contribution < -0.4 is 16.8 Å². The van der Waals surface area contributed by atoms with Crippen LogP contribution in [0.3, 0.4) is 0 Å². The van der Waals surface area contributed by atoms with Gasteiger partial charge in [-0.05, 0) is 0 Å². The number of halogens is 2. The number of carbonyl (C=O) groups excluding carboxylic acids is 2. The Bertz CT molecular complexity index is 277. The normalized spacial score (nSPS) is 18.7. The van der Waals surface area contributed by atoms with Gasteiger partial charge in [0.25, 0.3) is 17.6 Å². The van der Waals surface area contributed by atoms with Crippen LogP contribution in [-0.4, -0.2) is 34.9 Å². The zero-order valence-electron chi connectivity index (χ0n) is 7.54. The lowest BCUT2D eigenvalue weighted by Crippen LogP contribution is -2.62. The molecule has 0 aliphatic rings. The van der Waals surface area contributed by atoms with Gasteiger partial charge in [-0.25, -0.2) is 8.78 Å². The van der Waals surface area contributed by atoms with Gasteiger partial charge in [-0.3, -0.25) is 15.3 Å². The summed E-state index contributed by atoms with van der Waals surface area (Å²) in [6.07, 6.45) is 0. The largest absolute Gasteiger partial charge is 0.365 e. The molecular formula is C6H11F2N3O2S2. The van der Waals surface area contributed by atoms with Gasteiger partial charge >= 0.3 is 0 Å². The van der Waals surface area contributed by atoms with Crippen molar-refractivity contribution in [2.75, 3.05) is 11.5 Å². The maximum Gasteiger partial charge on any atom is 0.276 e. The highest BCUT2D eigenvalue weighted by Crippen LogP contribution is 2.12. The van der Waals surface area contributed by atoms with E-state index < -0.39 is 34.9 Å². The summed E-state index contributed by atoms with van der Waals surface area (Å²) in [6.45, 7) is 0. The van der Waals surface area contributed by atoms with Crippen molar-refractivity contribution in [3.63, 3.8) is 0 Å². The lowest BCUT2D eigenvalue weighted by molar-refractivity contribution is -0.142. The summed E-state index contributed by atoms with van der Waals surface area (Å²) in [4.78, 5) is 21.6. The van der Waals surface area contributed by atoms with Crippen molar-refractivity contribution in [2.24, 2.45) is 11.5 Å². The molecule has 2 atom stereocenters. The smallest absolute Gasteiger partial charge is 0.276 e. The molecule has 0 unspecified atom stereocenters. The van der Waals surface area contributed by atoms with Crippen LogP contribution >= 0.6 is 25.3 Å². The molecule has 0 aromatic rings. The number of nitrogens with two attached hydrogens (primary N) is 2. The van der Waals surface area contributed by atoms with Crippen molar-refractivity contribution in [2.45, 2.75) is 11.6 Å². The van der Waals surface area contributed by atoms with E-state index in [0.717, 1.165) is 0 Å². The van der Waals surface area contributed by atoms with E-state index in [0.29, 0.717) is 0 Å². The fraction of sp³-hybridized carbons (Fsp3) is 0.667. The molecule has 2 amide bonds. The minimum atomic E-state index is -2.93. The third-order valence-electron chi connectivity index (χ3n) is 1.53. The van der Waals surface area contributed by atoms with Crippen LogP contribution in [0.2, 0.25) is 0 Å². The van der Waals surface area contributed by atoms with E-state index >= 15 is 0 Å². The second-order valence-corrected chi connectivity index (χ2v) is 3.43. The average Bonchev–Trinajstić information content (AvgIpc) is 2.17. The molecule has 0 bridgehead atoms. The highest BCUT2D eigenvalue weighted by atomic mass is 32.1. The Balaban J connectivity index is 4.72. The lowest BCUT2D eigenvalue weighted by Gasteiger charge is -2.25. The highest BCUT2D eigenvalue weighted by Gasteiger charge is 2.43. The van der Waals surface area contributed by atoms with E-state index in [1.807, 2.05) is 0 Å². The van der Waals surface area contributed by atoms with Crippen LogP contribution in [0.4, 0.5) is 8.78 Å². The van der Waals surface area contributed by atoms with Gasteiger partial charge < -0.3 is 11.1 Å². The van der Waals surface area contributed by atoms with Crippen LogP contribution in [0.5, 0.6) is 0 Å². The molecular weight excluding hydrogens is 248 g/mol. The van der Waals surface area contributed by atoms with Gasteiger partial charge in [-0.2, -0.15) is 25.3 Å². The van der Waals surface area contributed by atoms with E-state index in [2.05, 4.69) is 31.0 Å². The number of carbonyl (C=O) groups is 2. The molecule has 0 rings (SSSR count). The van der Waals surface area contributed by atoms with Crippen LogP contribution in [0.15, 0.2) is 0 Å². The van der Waals surface area contributed by atoms with E-state index in [1.54, 1.807) is 0 Å². The zero-order valence-corrected chi connectivity index (χ0v) is 9.32. The first kappa shape index (κ1) is 14.5. The van der Waals surface area contributed by atoms with Crippen molar-refractivity contribution < 1.29 is 18.4 Å². The number of primary amides is 1. The third kappa shape index (κ3) is 3.50. The van der Waals surface area contributed by atoms with Crippen LogP contribution in [0, 0.1) is 0 Å². The first-order chi connectivity index (χ1) is 6.69. The Morgan fingerprint density at radius 2 is 1.73 bits per heavy atom. The molecule has 0 aliphatic carbocycles. The number of amides is 2. The molecule has 9 heteroatoms. The van der Waals surface area contributed by atoms with Gasteiger partial charge in [0.1, 0.15) is 0 Å². The topological polar surface area (TPSA) is 98.2 Å². The molecule has 15 heavy (non-hydrogen) atoms. The fourth-order valence-corrected chi connectivity index (χ4v) is 0.913. The Morgan fingerprint density at radius 3 is 2.00 bits per heavy atom. The van der Waals surface area contributed by atoms with Crippen molar-refractivity contribution >= 4 is 37.1 Å². The second-order valence-electron chi connectivity index (χ2n) is 2.80. The molecule has 88 valence electrons. The molecule has 5 nitrogen and oxygen atoms in total. The summed E-state index contributed by atoms with van der Waals surface area (Å²) in [6, 6.07) is 0. The standard InChI is InChI=1S/C6H11F2N3O2S2/c7-5(10,1-14)4(13)11-6(8,2-15)3(9)12/h14-15H,1-2,10H2,(H2,9,12)(H,11,13)/t5-,6+/m1/s1. The van der Waals surface area contributed by atoms with E-state index in [9.17, 15) is 18.4 Å². The van der Waals surface area contributed by atoms with Gasteiger partial charge in [-0.15, -0.1) is 0 Å². The quantitative estimate of drug-likeness (QED) is 0.315. The number of alkyl halides is 2. The summed E-state index contributed by atoms with van der Waals surface area (Å²) in [7, 11) is 0. The summed E-state index contributed by atoms with van der Waals surface area (Å²) >= 11 is 6.92. The average molecular weight is 259 g/mol. The first-order valence-corrected chi connectivity index (χ1v) is 4.97. The predicted molar refractivity (Wildman–Crippen MR) is 56.9 cm³/mol. The van der Waals surface area contributed by atoms with Crippen molar-refractivity contribution in [3.8, 4) is 0 Å². The number of thiol groups is 2. The number of rotatable bonds is 5. The lowest BCUT2D eigenvalue weighted by atomic mass is 10.2. The molecule has 0 fully saturated rings. The van der Waals surface area contributed by atoms with E-state index in [4.69, 9.17) is 5.73 Å². The van der Waals surface area contributed by atoms with Gasteiger partial charge in [0.05, 0.1) is 5.75 Å². The second kappa shape index (κ2) is 4.99. The molecule has 0 radical (unpaired) electrons. The number of hydrogen-bond acceptors (Lipinski definition) is 5. The molecule has 0 saturated heterocycles. The van der Waals surface area contributed by atoms with E-state index in [1.165, 1.54) is 5.32 Å². The Labute approximate surface area is 95.8 Å². The fourth-order valence-electron chi connectivity index (χ4n) is 0.535. The summed E-state index contributed by atoms with van der Waals surface area (Å²) < 4.78 is 26.5. The molecule has 0 heterocycles. The molecule has 0 spiro atoms. The molecule has 0 aromatic carbocycles. The van der Waals surface area contributed by atoms with Crippen LogP contribution in [0.1, 0.15) is 0 Å². The minimum Gasteiger partial charge on any atom is -0.365 e.